The number of nitrogens with zero attached hydrogens (tertiary/aromatic N) is 2. The molecule has 1 heterocycles. The molecule has 0 aromatic heterocycles. The molecule has 1 aromatic rings. The number of amides is 5. The van der Waals surface area contributed by atoms with Crippen LogP contribution < -0.4 is 5.32 Å². The molecule has 1 fully saturated rings. The van der Waals surface area contributed by atoms with Crippen molar-refractivity contribution in [2.75, 3.05) is 13.1 Å². The molecule has 0 atom stereocenters. The Labute approximate surface area is 136 Å². The van der Waals surface area contributed by atoms with Gasteiger partial charge in [0.15, 0.2) is 0 Å². The van der Waals surface area contributed by atoms with Gasteiger partial charge in [-0.1, -0.05) is 56.5 Å². The Morgan fingerprint density at radius 2 is 1.87 bits per heavy atom. The molecule has 0 aliphatic carbocycles. The first kappa shape index (κ1) is 17.0. The number of nitrogens with one attached hydrogen (secondary N) is 1. The van der Waals surface area contributed by atoms with E-state index in [0.29, 0.717) is 18.0 Å². The van der Waals surface area contributed by atoms with Gasteiger partial charge in [-0.15, -0.1) is 0 Å². The molecule has 2 rings (SSSR count). The van der Waals surface area contributed by atoms with E-state index in [4.69, 9.17) is 0 Å². The minimum absolute atomic E-state index is 0.0585. The lowest BCUT2D eigenvalue weighted by atomic mass is 10.2. The number of unbranched alkanes of at least 4 members (excludes halogenated alkanes) is 3. The number of rotatable bonds is 7. The van der Waals surface area contributed by atoms with E-state index in [0.717, 1.165) is 31.2 Å². The van der Waals surface area contributed by atoms with Gasteiger partial charge in [0.1, 0.15) is 6.54 Å². The fourth-order valence-electron chi connectivity index (χ4n) is 2.50. The molecular weight excluding hydrogens is 294 g/mol. The summed E-state index contributed by atoms with van der Waals surface area (Å²) in [7, 11) is 0. The smallest absolute Gasteiger partial charge is 0.335 e. The van der Waals surface area contributed by atoms with Crippen LogP contribution in [0.1, 0.15) is 38.2 Å². The molecule has 6 nitrogen and oxygen atoms in total. The van der Waals surface area contributed by atoms with Crippen LogP contribution in [0.2, 0.25) is 0 Å². The standard InChI is InChI=1S/C17H23N3O3/c1-2-3-4-8-11-18-16(22)20-15(21)13-19(17(20)23)12-14-9-6-5-7-10-14/h5-7,9-10H,2-4,8,11-13H2,1H3,(H,18,22). The highest BCUT2D eigenvalue weighted by molar-refractivity contribution is 6.14. The van der Waals surface area contributed by atoms with Gasteiger partial charge in [0, 0.05) is 13.1 Å². The van der Waals surface area contributed by atoms with Crippen LogP contribution in [0.4, 0.5) is 9.59 Å². The Morgan fingerprint density at radius 3 is 2.57 bits per heavy atom. The Morgan fingerprint density at radius 1 is 1.13 bits per heavy atom. The predicted molar refractivity (Wildman–Crippen MR) is 86.6 cm³/mol. The van der Waals surface area contributed by atoms with E-state index in [9.17, 15) is 14.4 Å². The Bertz CT molecular complexity index is 559. The van der Waals surface area contributed by atoms with Crippen LogP contribution in [-0.2, 0) is 11.3 Å². The first-order valence-electron chi connectivity index (χ1n) is 8.07. The maximum atomic E-state index is 12.3. The van der Waals surface area contributed by atoms with Gasteiger partial charge in [-0.3, -0.25) is 4.79 Å². The minimum atomic E-state index is -0.618. The van der Waals surface area contributed by atoms with Crippen LogP contribution in [0.15, 0.2) is 30.3 Å². The van der Waals surface area contributed by atoms with Crippen molar-refractivity contribution in [3.05, 3.63) is 35.9 Å². The molecule has 1 aromatic carbocycles. The second kappa shape index (κ2) is 8.31. The zero-order valence-corrected chi connectivity index (χ0v) is 13.5. The molecular formula is C17H23N3O3. The zero-order valence-electron chi connectivity index (χ0n) is 13.5. The van der Waals surface area contributed by atoms with Gasteiger partial charge in [-0.25, -0.2) is 9.59 Å². The predicted octanol–water partition coefficient (Wildman–Crippen LogP) is 2.74. The number of hydrogen-bond acceptors (Lipinski definition) is 3. The van der Waals surface area contributed by atoms with E-state index < -0.39 is 18.0 Å². The van der Waals surface area contributed by atoms with Crippen LogP contribution in [0, 0.1) is 0 Å². The average Bonchev–Trinajstić information content (AvgIpc) is 2.82. The largest absolute Gasteiger partial charge is 0.337 e. The van der Waals surface area contributed by atoms with Crippen molar-refractivity contribution in [1.29, 1.82) is 0 Å². The quantitative estimate of drug-likeness (QED) is 0.621. The van der Waals surface area contributed by atoms with Gasteiger partial charge in [-0.2, -0.15) is 4.90 Å². The summed E-state index contributed by atoms with van der Waals surface area (Å²) in [6.07, 6.45) is 4.11. The fraction of sp³-hybridized carbons (Fsp3) is 0.471. The van der Waals surface area contributed by atoms with Gasteiger partial charge in [0.25, 0.3) is 5.91 Å². The molecule has 1 aliphatic rings. The topological polar surface area (TPSA) is 69.7 Å². The van der Waals surface area contributed by atoms with Crippen LogP contribution in [0.3, 0.4) is 0 Å². The number of benzene rings is 1. The first-order chi connectivity index (χ1) is 11.1. The molecule has 1 saturated heterocycles. The fourth-order valence-corrected chi connectivity index (χ4v) is 2.50. The van der Waals surface area contributed by atoms with E-state index in [1.807, 2.05) is 30.3 Å². The van der Waals surface area contributed by atoms with Crippen molar-refractivity contribution in [2.45, 2.75) is 39.2 Å². The van der Waals surface area contributed by atoms with E-state index in [-0.39, 0.29) is 6.54 Å². The van der Waals surface area contributed by atoms with E-state index >= 15 is 0 Å². The lowest BCUT2D eigenvalue weighted by Gasteiger charge is -2.16. The van der Waals surface area contributed by atoms with E-state index in [1.54, 1.807) is 0 Å². The molecule has 5 amide bonds. The Balaban J connectivity index is 1.86. The third kappa shape index (κ3) is 4.55. The van der Waals surface area contributed by atoms with Crippen molar-refractivity contribution in [2.24, 2.45) is 0 Å². The third-order valence-corrected chi connectivity index (χ3v) is 3.76. The van der Waals surface area contributed by atoms with Crippen molar-refractivity contribution in [3.63, 3.8) is 0 Å². The Hall–Kier alpha value is -2.37. The molecule has 1 aliphatic heterocycles. The van der Waals surface area contributed by atoms with Crippen LogP contribution in [0.5, 0.6) is 0 Å². The molecule has 23 heavy (non-hydrogen) atoms. The second-order valence-corrected chi connectivity index (χ2v) is 5.65. The van der Waals surface area contributed by atoms with E-state index in [1.165, 1.54) is 4.90 Å². The van der Waals surface area contributed by atoms with Crippen LogP contribution >= 0.6 is 0 Å². The number of carbonyl (C=O) groups excluding carboxylic acids is 3. The number of urea groups is 2. The van der Waals surface area contributed by atoms with Gasteiger partial charge in [-0.05, 0) is 12.0 Å². The number of carbonyl (C=O) groups is 3. The summed E-state index contributed by atoms with van der Waals surface area (Å²) < 4.78 is 0. The highest BCUT2D eigenvalue weighted by Crippen LogP contribution is 2.14. The zero-order chi connectivity index (χ0) is 16.7. The second-order valence-electron chi connectivity index (χ2n) is 5.65. The monoisotopic (exact) mass is 317 g/mol. The summed E-state index contributed by atoms with van der Waals surface area (Å²) in [4.78, 5) is 38.4. The van der Waals surface area contributed by atoms with Crippen LogP contribution in [0.25, 0.3) is 0 Å². The minimum Gasteiger partial charge on any atom is -0.337 e. The van der Waals surface area contributed by atoms with Crippen molar-refractivity contribution in [3.8, 4) is 0 Å². The molecule has 0 saturated carbocycles. The molecule has 0 bridgehead atoms. The summed E-state index contributed by atoms with van der Waals surface area (Å²) in [6, 6.07) is 8.23. The molecule has 0 spiro atoms. The summed E-state index contributed by atoms with van der Waals surface area (Å²) in [6.45, 7) is 2.86. The highest BCUT2D eigenvalue weighted by atomic mass is 16.2. The Kier molecular flexibility index (Phi) is 6.14. The van der Waals surface area contributed by atoms with Gasteiger partial charge in [0.2, 0.25) is 0 Å². The van der Waals surface area contributed by atoms with Crippen LogP contribution in [-0.4, -0.2) is 40.9 Å². The average molecular weight is 317 g/mol. The molecule has 0 unspecified atom stereocenters. The number of imide groups is 3. The normalized spacial score (nSPS) is 14.5. The third-order valence-electron chi connectivity index (χ3n) is 3.76. The molecule has 0 radical (unpaired) electrons. The molecule has 124 valence electrons. The van der Waals surface area contributed by atoms with Gasteiger partial charge < -0.3 is 10.2 Å². The first-order valence-corrected chi connectivity index (χ1v) is 8.07. The molecule has 6 heteroatoms. The summed E-state index contributed by atoms with van der Waals surface area (Å²) in [5.74, 6) is -0.475. The van der Waals surface area contributed by atoms with Gasteiger partial charge in [0.05, 0.1) is 0 Å². The maximum absolute atomic E-state index is 12.3. The van der Waals surface area contributed by atoms with Crippen molar-refractivity contribution >= 4 is 18.0 Å². The van der Waals surface area contributed by atoms with Crippen molar-refractivity contribution < 1.29 is 14.4 Å². The summed E-state index contributed by atoms with van der Waals surface area (Å²) >= 11 is 0. The molecule has 1 N–H and O–H groups in total. The number of hydrogen-bond donors (Lipinski definition) is 1. The van der Waals surface area contributed by atoms with Crippen molar-refractivity contribution in [1.82, 2.24) is 15.1 Å². The summed E-state index contributed by atoms with van der Waals surface area (Å²) in [5.41, 5.74) is 0.926. The summed E-state index contributed by atoms with van der Waals surface area (Å²) in [5, 5.41) is 2.65. The van der Waals surface area contributed by atoms with E-state index in [2.05, 4.69) is 12.2 Å². The van der Waals surface area contributed by atoms with Gasteiger partial charge >= 0.3 is 12.1 Å². The lowest BCUT2D eigenvalue weighted by molar-refractivity contribution is -0.123. The lowest BCUT2D eigenvalue weighted by Crippen LogP contribution is -2.44. The highest BCUT2D eigenvalue weighted by Gasteiger charge is 2.40. The SMILES string of the molecule is CCCCCCNC(=O)N1C(=O)CN(Cc2ccccc2)C1=O. The maximum Gasteiger partial charge on any atom is 0.335 e.